The average molecular weight is 348 g/mol. The number of anilines is 1. The van der Waals surface area contributed by atoms with Gasteiger partial charge in [0.25, 0.3) is 0 Å². The zero-order valence-electron chi connectivity index (χ0n) is 13.7. The summed E-state index contributed by atoms with van der Waals surface area (Å²) in [5, 5.41) is 12.6. The van der Waals surface area contributed by atoms with Crippen LogP contribution < -0.4 is 5.32 Å². The van der Waals surface area contributed by atoms with Gasteiger partial charge in [0.1, 0.15) is 0 Å². The lowest BCUT2D eigenvalue weighted by atomic mass is 9.97. The summed E-state index contributed by atoms with van der Waals surface area (Å²) in [5.74, 6) is -1.08. The number of amides is 2. The molecule has 0 radical (unpaired) electrons. The van der Waals surface area contributed by atoms with E-state index >= 15 is 0 Å². The molecule has 24 heavy (non-hydrogen) atoms. The van der Waals surface area contributed by atoms with E-state index in [1.807, 2.05) is 23.9 Å². The van der Waals surface area contributed by atoms with Crippen molar-refractivity contribution in [3.63, 3.8) is 0 Å². The van der Waals surface area contributed by atoms with Crippen LogP contribution in [0, 0.1) is 5.92 Å². The number of hydrogen-bond acceptors (Lipinski definition) is 3. The van der Waals surface area contributed by atoms with E-state index in [1.54, 1.807) is 4.90 Å². The molecule has 0 aromatic heterocycles. The number of nitrogens with one attached hydrogen (secondary N) is 1. The number of carbonyl (C=O) groups is 2. The van der Waals surface area contributed by atoms with E-state index < -0.39 is 5.97 Å². The monoisotopic (exact) mass is 348 g/mol. The van der Waals surface area contributed by atoms with Crippen molar-refractivity contribution in [2.45, 2.75) is 48.7 Å². The topological polar surface area (TPSA) is 69.6 Å². The molecule has 1 heterocycles. The van der Waals surface area contributed by atoms with E-state index in [-0.39, 0.29) is 11.9 Å². The number of aliphatic carboxylic acids is 1. The third kappa shape index (κ3) is 4.44. The summed E-state index contributed by atoms with van der Waals surface area (Å²) >= 11 is 1.93. The molecule has 0 spiro atoms. The van der Waals surface area contributed by atoms with Gasteiger partial charge in [-0.05, 0) is 49.9 Å². The zero-order chi connectivity index (χ0) is 16.9. The van der Waals surface area contributed by atoms with Crippen molar-refractivity contribution in [2.75, 3.05) is 18.4 Å². The Balaban J connectivity index is 1.48. The largest absolute Gasteiger partial charge is 0.481 e. The summed E-state index contributed by atoms with van der Waals surface area (Å²) in [6, 6.07) is 7.87. The number of rotatable bonds is 4. The van der Waals surface area contributed by atoms with Crippen LogP contribution in [0.4, 0.5) is 10.5 Å². The highest BCUT2D eigenvalue weighted by Gasteiger charge is 2.27. The van der Waals surface area contributed by atoms with E-state index in [0.717, 1.165) is 10.9 Å². The Morgan fingerprint density at radius 3 is 2.25 bits per heavy atom. The maximum Gasteiger partial charge on any atom is 0.321 e. The molecule has 2 amide bonds. The molecule has 130 valence electrons. The van der Waals surface area contributed by atoms with Gasteiger partial charge in [-0.25, -0.2) is 4.79 Å². The number of hydrogen-bond donors (Lipinski definition) is 2. The summed E-state index contributed by atoms with van der Waals surface area (Å²) in [6.07, 6.45) is 6.33. The fourth-order valence-electron chi connectivity index (χ4n) is 3.35. The molecule has 0 unspecified atom stereocenters. The molecule has 1 aliphatic carbocycles. The van der Waals surface area contributed by atoms with Gasteiger partial charge < -0.3 is 15.3 Å². The summed E-state index contributed by atoms with van der Waals surface area (Å²) in [6.45, 7) is 0.997. The Morgan fingerprint density at radius 2 is 1.67 bits per heavy atom. The van der Waals surface area contributed by atoms with Gasteiger partial charge in [-0.2, -0.15) is 0 Å². The summed E-state index contributed by atoms with van der Waals surface area (Å²) in [7, 11) is 0. The number of thioether (sulfide) groups is 1. The maximum atomic E-state index is 12.3. The quantitative estimate of drug-likeness (QED) is 0.861. The van der Waals surface area contributed by atoms with E-state index in [1.165, 1.54) is 30.6 Å². The number of carboxylic acid groups (broad SMARTS) is 1. The minimum atomic E-state index is -0.759. The lowest BCUT2D eigenvalue weighted by Gasteiger charge is -2.30. The third-order valence-corrected chi connectivity index (χ3v) is 6.19. The fourth-order valence-corrected chi connectivity index (χ4v) is 4.59. The molecule has 1 aliphatic heterocycles. The Bertz CT molecular complexity index is 576. The van der Waals surface area contributed by atoms with Gasteiger partial charge in [-0.15, -0.1) is 11.8 Å². The first-order valence-electron chi connectivity index (χ1n) is 8.67. The van der Waals surface area contributed by atoms with E-state index in [9.17, 15) is 9.59 Å². The second-order valence-corrected chi connectivity index (χ2v) is 7.95. The molecule has 2 fully saturated rings. The lowest BCUT2D eigenvalue weighted by molar-refractivity contribution is -0.143. The SMILES string of the molecule is O=C(O)C1CCN(C(=O)Nc2ccc(SC3CCCC3)cc2)CC1. The molecular weight excluding hydrogens is 324 g/mol. The minimum Gasteiger partial charge on any atom is -0.481 e. The van der Waals surface area contributed by atoms with Crippen LogP contribution in [0.3, 0.4) is 0 Å². The van der Waals surface area contributed by atoms with Crippen molar-refractivity contribution in [2.24, 2.45) is 5.92 Å². The number of carbonyl (C=O) groups excluding carboxylic acids is 1. The molecule has 1 aromatic rings. The molecule has 1 saturated carbocycles. The molecule has 1 saturated heterocycles. The number of urea groups is 1. The Kier molecular flexibility index (Phi) is 5.66. The predicted octanol–water partition coefficient (Wildman–Crippen LogP) is 4.05. The highest BCUT2D eigenvalue weighted by atomic mass is 32.2. The smallest absolute Gasteiger partial charge is 0.321 e. The van der Waals surface area contributed by atoms with Gasteiger partial charge >= 0.3 is 12.0 Å². The molecule has 5 nitrogen and oxygen atoms in total. The summed E-state index contributed by atoms with van der Waals surface area (Å²) in [5.41, 5.74) is 0.788. The molecule has 1 aromatic carbocycles. The van der Waals surface area contributed by atoms with Crippen LogP contribution in [-0.2, 0) is 4.79 Å². The van der Waals surface area contributed by atoms with Crippen molar-refractivity contribution >= 4 is 29.4 Å². The normalized spacial score (nSPS) is 19.4. The highest BCUT2D eigenvalue weighted by molar-refractivity contribution is 8.00. The van der Waals surface area contributed by atoms with Gasteiger partial charge in [0.2, 0.25) is 0 Å². The first-order chi connectivity index (χ1) is 11.6. The fraction of sp³-hybridized carbons (Fsp3) is 0.556. The maximum absolute atomic E-state index is 12.3. The summed E-state index contributed by atoms with van der Waals surface area (Å²) < 4.78 is 0. The van der Waals surface area contributed by atoms with Crippen LogP contribution in [0.25, 0.3) is 0 Å². The first-order valence-corrected chi connectivity index (χ1v) is 9.55. The van der Waals surface area contributed by atoms with Gasteiger partial charge in [-0.1, -0.05) is 12.8 Å². The molecule has 2 aliphatic rings. The van der Waals surface area contributed by atoms with E-state index in [2.05, 4.69) is 17.4 Å². The van der Waals surface area contributed by atoms with Crippen LogP contribution in [0.5, 0.6) is 0 Å². The van der Waals surface area contributed by atoms with Crippen LogP contribution in [-0.4, -0.2) is 40.3 Å². The van der Waals surface area contributed by atoms with Crippen LogP contribution in [0.15, 0.2) is 29.2 Å². The van der Waals surface area contributed by atoms with Crippen molar-refractivity contribution in [1.82, 2.24) is 4.90 Å². The molecule has 0 atom stereocenters. The Labute approximate surface area is 146 Å². The highest BCUT2D eigenvalue weighted by Crippen LogP contribution is 2.35. The van der Waals surface area contributed by atoms with Gasteiger partial charge in [0, 0.05) is 28.9 Å². The molecular formula is C18H24N2O3S. The van der Waals surface area contributed by atoms with Crippen LogP contribution in [0.2, 0.25) is 0 Å². The molecule has 6 heteroatoms. The third-order valence-electron chi connectivity index (χ3n) is 4.84. The minimum absolute atomic E-state index is 0.143. The Hall–Kier alpha value is -1.69. The van der Waals surface area contributed by atoms with Crippen molar-refractivity contribution in [1.29, 1.82) is 0 Å². The van der Waals surface area contributed by atoms with Gasteiger partial charge in [0.15, 0.2) is 0 Å². The Morgan fingerprint density at radius 1 is 1.04 bits per heavy atom. The molecule has 2 N–H and O–H groups in total. The number of likely N-dealkylation sites (tertiary alicyclic amines) is 1. The van der Waals surface area contributed by atoms with Gasteiger partial charge in [0.05, 0.1) is 5.92 Å². The average Bonchev–Trinajstić information content (AvgIpc) is 3.09. The van der Waals surface area contributed by atoms with Crippen LogP contribution in [0.1, 0.15) is 38.5 Å². The lowest BCUT2D eigenvalue weighted by Crippen LogP contribution is -2.42. The number of piperidine rings is 1. The van der Waals surface area contributed by atoms with Crippen LogP contribution >= 0.6 is 11.8 Å². The zero-order valence-corrected chi connectivity index (χ0v) is 14.6. The second kappa shape index (κ2) is 7.92. The molecule has 0 bridgehead atoms. The standard InChI is InChI=1S/C18H24N2O3S/c21-17(22)13-9-11-20(12-10-13)18(23)19-14-5-7-16(8-6-14)24-15-3-1-2-4-15/h5-8,13,15H,1-4,9-12H2,(H,19,23)(H,21,22). The predicted molar refractivity (Wildman–Crippen MR) is 95.5 cm³/mol. The number of carboxylic acids is 1. The van der Waals surface area contributed by atoms with E-state index in [4.69, 9.17) is 5.11 Å². The van der Waals surface area contributed by atoms with Gasteiger partial charge in [-0.3, -0.25) is 4.79 Å². The van der Waals surface area contributed by atoms with Crippen molar-refractivity contribution < 1.29 is 14.7 Å². The second-order valence-electron chi connectivity index (χ2n) is 6.58. The van der Waals surface area contributed by atoms with Crippen molar-refractivity contribution in [3.05, 3.63) is 24.3 Å². The first kappa shape index (κ1) is 17.1. The molecule has 3 rings (SSSR count). The summed E-state index contributed by atoms with van der Waals surface area (Å²) in [4.78, 5) is 26.2. The van der Waals surface area contributed by atoms with Crippen molar-refractivity contribution in [3.8, 4) is 0 Å². The number of nitrogens with zero attached hydrogens (tertiary/aromatic N) is 1. The number of benzene rings is 1. The van der Waals surface area contributed by atoms with E-state index in [0.29, 0.717) is 25.9 Å².